The van der Waals surface area contributed by atoms with Crippen molar-refractivity contribution in [1.29, 1.82) is 0 Å². The molecule has 0 heterocycles. The molecule has 168 valence electrons. The third-order valence-corrected chi connectivity index (χ3v) is 4.98. The van der Waals surface area contributed by atoms with Crippen LogP contribution in [0.25, 0.3) is 0 Å². The van der Waals surface area contributed by atoms with E-state index in [1.54, 1.807) is 12.1 Å². The fourth-order valence-electron chi connectivity index (χ4n) is 2.81. The number of carbonyl (C=O) groups excluding carboxylic acids is 1. The largest absolute Gasteiger partial charge is 0.480 e. The van der Waals surface area contributed by atoms with Crippen LogP contribution in [-0.4, -0.2) is 46.3 Å². The first-order valence-corrected chi connectivity index (χ1v) is 10.4. The van der Waals surface area contributed by atoms with E-state index in [2.05, 4.69) is 26.1 Å². The molecule has 3 N–H and O–H groups in total. The molecule has 1 amide bonds. The second kappa shape index (κ2) is 11.1. The van der Waals surface area contributed by atoms with Crippen molar-refractivity contribution >= 4 is 17.8 Å². The number of amides is 1. The van der Waals surface area contributed by atoms with Gasteiger partial charge in [-0.15, -0.1) is 0 Å². The lowest BCUT2D eigenvalue weighted by molar-refractivity contribution is -0.161. The number of rotatable bonds is 12. The van der Waals surface area contributed by atoms with Gasteiger partial charge in [0.15, 0.2) is 5.60 Å². The molecule has 0 aliphatic rings. The van der Waals surface area contributed by atoms with Gasteiger partial charge in [-0.3, -0.25) is 4.79 Å². The highest BCUT2D eigenvalue weighted by atomic mass is 16.5. The summed E-state index contributed by atoms with van der Waals surface area (Å²) in [5.41, 5.74) is 0.313. The molecule has 1 aromatic carbocycles. The van der Waals surface area contributed by atoms with Crippen LogP contribution in [0.1, 0.15) is 82.6 Å². The first-order chi connectivity index (χ1) is 13.8. The van der Waals surface area contributed by atoms with Crippen LogP contribution in [0.3, 0.4) is 0 Å². The number of carboxylic acids is 2. The van der Waals surface area contributed by atoms with Gasteiger partial charge in [0.05, 0.1) is 0 Å². The van der Waals surface area contributed by atoms with Crippen LogP contribution in [-0.2, 0) is 19.7 Å². The smallest absolute Gasteiger partial charge is 0.335 e. The van der Waals surface area contributed by atoms with Gasteiger partial charge in [0.2, 0.25) is 0 Å². The van der Waals surface area contributed by atoms with Crippen LogP contribution in [0, 0.1) is 0 Å². The van der Waals surface area contributed by atoms with E-state index in [1.807, 2.05) is 12.1 Å². The number of unbranched alkanes of at least 4 members (excludes halogenated alkanes) is 3. The normalized spacial score (nSPS) is 13.0. The van der Waals surface area contributed by atoms with E-state index < -0.39 is 29.5 Å². The maximum Gasteiger partial charge on any atom is 0.335 e. The molecule has 1 unspecified atom stereocenters. The summed E-state index contributed by atoms with van der Waals surface area (Å²) in [6.07, 6.45) is 3.24. The zero-order valence-electron chi connectivity index (χ0n) is 18.7. The monoisotopic (exact) mass is 421 g/mol. The van der Waals surface area contributed by atoms with Crippen molar-refractivity contribution in [3.8, 4) is 0 Å². The molecule has 0 aliphatic carbocycles. The molecule has 1 rings (SSSR count). The van der Waals surface area contributed by atoms with Crippen LogP contribution >= 0.6 is 0 Å². The minimum absolute atomic E-state index is 0.0208. The van der Waals surface area contributed by atoms with Gasteiger partial charge in [0, 0.05) is 12.2 Å². The summed E-state index contributed by atoms with van der Waals surface area (Å²) in [4.78, 5) is 34.9. The minimum atomic E-state index is -1.20. The lowest BCUT2D eigenvalue weighted by Crippen LogP contribution is -2.40. The average Bonchev–Trinajstić information content (AvgIpc) is 2.65. The summed E-state index contributed by atoms with van der Waals surface area (Å²) < 4.78 is 5.34. The van der Waals surface area contributed by atoms with Gasteiger partial charge in [0.25, 0.3) is 5.91 Å². The number of nitrogens with one attached hydrogen (secondary N) is 1. The van der Waals surface area contributed by atoms with Crippen LogP contribution in [0.15, 0.2) is 24.3 Å². The number of benzene rings is 1. The van der Waals surface area contributed by atoms with Crippen molar-refractivity contribution in [2.45, 2.75) is 83.8 Å². The minimum Gasteiger partial charge on any atom is -0.480 e. The number of hydrogen-bond donors (Lipinski definition) is 3. The number of carboxylic acid groups (broad SMARTS) is 2. The van der Waals surface area contributed by atoms with Crippen molar-refractivity contribution in [2.75, 3.05) is 6.61 Å². The zero-order chi connectivity index (χ0) is 22.9. The van der Waals surface area contributed by atoms with Crippen LogP contribution in [0.5, 0.6) is 0 Å². The Morgan fingerprint density at radius 3 is 2.00 bits per heavy atom. The molecule has 0 radical (unpaired) electrons. The Kier molecular flexibility index (Phi) is 9.49. The summed E-state index contributed by atoms with van der Waals surface area (Å²) in [6, 6.07) is 6.26. The standard InChI is InChI=1S/C23H35NO6/c1-22(2,3)17-13-11-16(12-14-17)19(25)24-18(20(26)27)10-8-6-7-9-15-30-23(4,5)21(28)29/h11-14,18H,6-10,15H2,1-5H3,(H,24,25)(H,26,27)(H,28,29). The molecule has 0 spiro atoms. The molecular formula is C23H35NO6. The molecule has 0 aliphatic heterocycles. The summed E-state index contributed by atoms with van der Waals surface area (Å²) in [6.45, 7) is 9.60. The predicted molar refractivity (Wildman–Crippen MR) is 115 cm³/mol. The van der Waals surface area contributed by atoms with E-state index in [1.165, 1.54) is 13.8 Å². The second-order valence-corrected chi connectivity index (χ2v) is 9.06. The molecular weight excluding hydrogens is 386 g/mol. The maximum atomic E-state index is 12.4. The predicted octanol–water partition coefficient (Wildman–Crippen LogP) is 4.00. The molecule has 0 saturated carbocycles. The number of ether oxygens (including phenoxy) is 1. The Morgan fingerprint density at radius 1 is 0.933 bits per heavy atom. The van der Waals surface area contributed by atoms with Crippen molar-refractivity contribution in [1.82, 2.24) is 5.32 Å². The summed E-state index contributed by atoms with van der Waals surface area (Å²) in [5.74, 6) is -2.45. The lowest BCUT2D eigenvalue weighted by atomic mass is 9.86. The third-order valence-electron chi connectivity index (χ3n) is 4.98. The Morgan fingerprint density at radius 2 is 1.50 bits per heavy atom. The van der Waals surface area contributed by atoms with Crippen LogP contribution in [0.4, 0.5) is 0 Å². The fraction of sp³-hybridized carbons (Fsp3) is 0.609. The lowest BCUT2D eigenvalue weighted by Gasteiger charge is -2.20. The van der Waals surface area contributed by atoms with E-state index >= 15 is 0 Å². The summed E-state index contributed by atoms with van der Waals surface area (Å²) in [7, 11) is 0. The molecule has 1 aromatic rings. The zero-order valence-corrected chi connectivity index (χ0v) is 18.7. The molecule has 1 atom stereocenters. The van der Waals surface area contributed by atoms with Crippen LogP contribution < -0.4 is 5.32 Å². The Balaban J connectivity index is 2.42. The van der Waals surface area contributed by atoms with Gasteiger partial charge in [-0.25, -0.2) is 9.59 Å². The van der Waals surface area contributed by atoms with Crippen LogP contribution in [0.2, 0.25) is 0 Å². The number of carbonyl (C=O) groups is 3. The van der Waals surface area contributed by atoms with Crippen molar-refractivity contribution in [3.63, 3.8) is 0 Å². The molecule has 7 heteroatoms. The van der Waals surface area contributed by atoms with Crippen molar-refractivity contribution in [2.24, 2.45) is 0 Å². The first-order valence-electron chi connectivity index (χ1n) is 10.4. The van der Waals surface area contributed by atoms with E-state index in [-0.39, 0.29) is 5.41 Å². The van der Waals surface area contributed by atoms with Gasteiger partial charge in [-0.05, 0) is 49.8 Å². The SMILES string of the molecule is CC(C)(OCCCCCCC(NC(=O)c1ccc(C(C)(C)C)cc1)C(=O)O)C(=O)O. The van der Waals surface area contributed by atoms with E-state index in [9.17, 15) is 19.5 Å². The van der Waals surface area contributed by atoms with E-state index in [4.69, 9.17) is 9.84 Å². The van der Waals surface area contributed by atoms with Crippen molar-refractivity contribution in [3.05, 3.63) is 35.4 Å². The molecule has 0 bridgehead atoms. The average molecular weight is 422 g/mol. The highest BCUT2D eigenvalue weighted by molar-refractivity contribution is 5.96. The quantitative estimate of drug-likeness (QED) is 0.440. The maximum absolute atomic E-state index is 12.4. The molecule has 0 saturated heterocycles. The van der Waals surface area contributed by atoms with E-state index in [0.717, 1.165) is 18.4 Å². The molecule has 0 fully saturated rings. The Hall–Kier alpha value is -2.41. The molecule has 7 nitrogen and oxygen atoms in total. The molecule has 30 heavy (non-hydrogen) atoms. The number of aliphatic carboxylic acids is 2. The highest BCUT2D eigenvalue weighted by Gasteiger charge is 2.27. The van der Waals surface area contributed by atoms with Gasteiger partial charge in [-0.2, -0.15) is 0 Å². The summed E-state index contributed by atoms with van der Waals surface area (Å²) in [5, 5.41) is 21.0. The Labute approximate surface area is 178 Å². The first kappa shape index (κ1) is 25.6. The van der Waals surface area contributed by atoms with Gasteiger partial charge in [0.1, 0.15) is 6.04 Å². The molecule has 0 aromatic heterocycles. The third kappa shape index (κ3) is 8.53. The summed E-state index contributed by atoms with van der Waals surface area (Å²) >= 11 is 0. The topological polar surface area (TPSA) is 113 Å². The van der Waals surface area contributed by atoms with Gasteiger partial charge < -0.3 is 20.3 Å². The second-order valence-electron chi connectivity index (χ2n) is 9.06. The fourth-order valence-corrected chi connectivity index (χ4v) is 2.81. The highest BCUT2D eigenvalue weighted by Crippen LogP contribution is 2.22. The number of hydrogen-bond acceptors (Lipinski definition) is 4. The van der Waals surface area contributed by atoms with E-state index in [0.29, 0.717) is 31.4 Å². The van der Waals surface area contributed by atoms with Gasteiger partial charge in [-0.1, -0.05) is 52.2 Å². The van der Waals surface area contributed by atoms with Crippen molar-refractivity contribution < 1.29 is 29.3 Å². The Bertz CT molecular complexity index is 718. The van der Waals surface area contributed by atoms with Gasteiger partial charge >= 0.3 is 11.9 Å².